The molecule has 0 bridgehead atoms. The van der Waals surface area contributed by atoms with E-state index < -0.39 is 6.09 Å². The number of nitrogens with zero attached hydrogens (tertiary/aromatic N) is 2. The zero-order chi connectivity index (χ0) is 25.4. The van der Waals surface area contributed by atoms with Gasteiger partial charge < -0.3 is 23.5 Å². The van der Waals surface area contributed by atoms with E-state index in [1.165, 1.54) is 6.42 Å². The van der Waals surface area contributed by atoms with Gasteiger partial charge >= 0.3 is 6.09 Å². The number of aromatic nitrogens is 1. The fraction of sp³-hybridized carbons (Fsp3) is 0.448. The summed E-state index contributed by atoms with van der Waals surface area (Å²) in [6.07, 6.45) is 4.70. The van der Waals surface area contributed by atoms with Crippen molar-refractivity contribution in [3.05, 3.63) is 48.0 Å². The van der Waals surface area contributed by atoms with Crippen molar-refractivity contribution in [1.82, 2.24) is 4.57 Å². The van der Waals surface area contributed by atoms with Crippen molar-refractivity contribution in [1.29, 1.82) is 5.26 Å². The minimum absolute atomic E-state index is 0.0669. The maximum atomic E-state index is 12.3. The molecular formula is C29H31N3O5. The van der Waals surface area contributed by atoms with Gasteiger partial charge in [-0.05, 0) is 74.8 Å². The number of hydrogen-bond acceptors (Lipinski definition) is 6. The number of fused-ring (bicyclic) bond motifs is 1. The van der Waals surface area contributed by atoms with Gasteiger partial charge in [-0.3, -0.25) is 5.32 Å². The average molecular weight is 502 g/mol. The summed E-state index contributed by atoms with van der Waals surface area (Å²) in [4.78, 5) is 12.3. The molecule has 3 aliphatic rings. The molecule has 2 aromatic carbocycles. The maximum absolute atomic E-state index is 12.3. The molecular weight excluding hydrogens is 470 g/mol. The molecule has 2 heterocycles. The smallest absolute Gasteiger partial charge is 0.411 e. The number of nitriles is 1. The van der Waals surface area contributed by atoms with E-state index in [-0.39, 0.29) is 12.4 Å². The number of hydrogen-bond donors (Lipinski definition) is 1. The Labute approximate surface area is 216 Å². The third-order valence-corrected chi connectivity index (χ3v) is 7.59. The van der Waals surface area contributed by atoms with Gasteiger partial charge in [-0.15, -0.1) is 0 Å². The van der Waals surface area contributed by atoms with Crippen molar-refractivity contribution in [2.45, 2.75) is 57.5 Å². The molecule has 1 aromatic heterocycles. The van der Waals surface area contributed by atoms with E-state index in [1.54, 1.807) is 0 Å². The summed E-state index contributed by atoms with van der Waals surface area (Å²) in [6.45, 7) is 3.43. The summed E-state index contributed by atoms with van der Waals surface area (Å²) in [5.74, 6) is 1.21. The Morgan fingerprint density at radius 2 is 1.89 bits per heavy atom. The molecule has 1 atom stereocenters. The Morgan fingerprint density at radius 3 is 2.54 bits per heavy atom. The Morgan fingerprint density at radius 1 is 1.14 bits per heavy atom. The number of benzene rings is 2. The number of amides is 1. The van der Waals surface area contributed by atoms with Gasteiger partial charge in [0.2, 0.25) is 0 Å². The van der Waals surface area contributed by atoms with Crippen LogP contribution in [-0.2, 0) is 14.2 Å². The standard InChI is InChI=1S/C29H31N3O5/c1-18(19-5-6-19)37-29(33)31-21-9-7-20(8-10-21)28-25(16-30)24-12-11-23(36-17-27-34-13-14-35-27)15-26(24)32(28)22-3-2-4-22/h7-12,15,18-19,22,27H,2-6,13-14,17H2,1H3,(H,31,33). The lowest BCUT2D eigenvalue weighted by atomic mass is 9.92. The molecule has 6 rings (SSSR count). The Hall–Kier alpha value is -3.54. The van der Waals surface area contributed by atoms with Gasteiger partial charge in [0, 0.05) is 23.2 Å². The molecule has 2 aliphatic carbocycles. The normalized spacial score (nSPS) is 18.8. The highest BCUT2D eigenvalue weighted by molar-refractivity contribution is 5.96. The summed E-state index contributed by atoms with van der Waals surface area (Å²) < 4.78 is 24.7. The molecule has 1 aliphatic heterocycles. The van der Waals surface area contributed by atoms with Crippen LogP contribution >= 0.6 is 0 Å². The fourth-order valence-corrected chi connectivity index (χ4v) is 5.16. The predicted molar refractivity (Wildman–Crippen MR) is 138 cm³/mol. The summed E-state index contributed by atoms with van der Waals surface area (Å²) in [5, 5.41) is 13.9. The summed E-state index contributed by atoms with van der Waals surface area (Å²) in [6, 6.07) is 16.3. The minimum atomic E-state index is -0.436. The highest BCUT2D eigenvalue weighted by Crippen LogP contribution is 2.43. The monoisotopic (exact) mass is 501 g/mol. The van der Waals surface area contributed by atoms with Crippen molar-refractivity contribution in [3.63, 3.8) is 0 Å². The molecule has 37 heavy (non-hydrogen) atoms. The van der Waals surface area contributed by atoms with Gasteiger partial charge in [-0.25, -0.2) is 4.79 Å². The first-order chi connectivity index (χ1) is 18.1. The quantitative estimate of drug-likeness (QED) is 0.407. The van der Waals surface area contributed by atoms with Crippen LogP contribution in [0.4, 0.5) is 10.5 Å². The van der Waals surface area contributed by atoms with E-state index in [4.69, 9.17) is 18.9 Å². The van der Waals surface area contributed by atoms with Gasteiger partial charge in [0.05, 0.1) is 30.0 Å². The first kappa shape index (κ1) is 23.8. The van der Waals surface area contributed by atoms with Crippen LogP contribution in [0.1, 0.15) is 50.6 Å². The van der Waals surface area contributed by atoms with E-state index in [0.717, 1.165) is 53.6 Å². The maximum Gasteiger partial charge on any atom is 0.411 e. The minimum Gasteiger partial charge on any atom is -0.488 e. The third-order valence-electron chi connectivity index (χ3n) is 7.59. The molecule has 8 nitrogen and oxygen atoms in total. The molecule has 2 saturated carbocycles. The SMILES string of the molecule is CC(OC(=O)Nc1ccc(-c2c(C#N)c3ccc(OCC4OCCO4)cc3n2C2CCC2)cc1)C1CC1. The second-order valence-electron chi connectivity index (χ2n) is 10.1. The van der Waals surface area contributed by atoms with Crippen molar-refractivity contribution < 1.29 is 23.7 Å². The average Bonchev–Trinajstić information content (AvgIpc) is 3.51. The second-order valence-corrected chi connectivity index (χ2v) is 10.1. The van der Waals surface area contributed by atoms with Gasteiger partial charge in [0.1, 0.15) is 24.5 Å². The molecule has 8 heteroatoms. The fourth-order valence-electron chi connectivity index (χ4n) is 5.16. The number of ether oxygens (including phenoxy) is 4. The summed E-state index contributed by atoms with van der Waals surface area (Å²) >= 11 is 0. The van der Waals surface area contributed by atoms with Gasteiger partial charge in [0.15, 0.2) is 6.29 Å². The van der Waals surface area contributed by atoms with E-state index in [0.29, 0.717) is 43.0 Å². The molecule has 192 valence electrons. The molecule has 1 unspecified atom stereocenters. The van der Waals surface area contributed by atoms with Crippen LogP contribution in [0, 0.1) is 17.2 Å². The highest BCUT2D eigenvalue weighted by atomic mass is 16.7. The number of carbonyl (C=O) groups excluding carboxylic acids is 1. The van der Waals surface area contributed by atoms with Crippen LogP contribution in [0.2, 0.25) is 0 Å². The Kier molecular flexibility index (Phi) is 6.49. The number of carbonyl (C=O) groups is 1. The molecule has 1 amide bonds. The number of rotatable bonds is 8. The van der Waals surface area contributed by atoms with Gasteiger partial charge in [-0.1, -0.05) is 12.1 Å². The van der Waals surface area contributed by atoms with Crippen molar-refractivity contribution in [3.8, 4) is 23.1 Å². The van der Waals surface area contributed by atoms with Crippen LogP contribution in [0.25, 0.3) is 22.2 Å². The first-order valence-corrected chi connectivity index (χ1v) is 13.1. The van der Waals surface area contributed by atoms with Crippen LogP contribution < -0.4 is 10.1 Å². The van der Waals surface area contributed by atoms with Crippen molar-refractivity contribution in [2.75, 3.05) is 25.1 Å². The lowest BCUT2D eigenvalue weighted by Gasteiger charge is -2.30. The van der Waals surface area contributed by atoms with Gasteiger partial charge in [0.25, 0.3) is 0 Å². The molecule has 3 aromatic rings. The topological polar surface area (TPSA) is 94.7 Å². The number of anilines is 1. The van der Waals surface area contributed by atoms with E-state index in [9.17, 15) is 10.1 Å². The van der Waals surface area contributed by atoms with Crippen molar-refractivity contribution in [2.24, 2.45) is 5.92 Å². The molecule has 3 fully saturated rings. The summed E-state index contributed by atoms with van der Waals surface area (Å²) in [5.41, 5.74) is 4.13. The number of nitrogens with one attached hydrogen (secondary N) is 1. The second kappa shape index (κ2) is 10.1. The van der Waals surface area contributed by atoms with E-state index >= 15 is 0 Å². The predicted octanol–water partition coefficient (Wildman–Crippen LogP) is 6.00. The van der Waals surface area contributed by atoms with Crippen LogP contribution in [-0.4, -0.2) is 42.9 Å². The highest BCUT2D eigenvalue weighted by Gasteiger charge is 2.31. The summed E-state index contributed by atoms with van der Waals surface area (Å²) in [7, 11) is 0. The van der Waals surface area contributed by atoms with Crippen molar-refractivity contribution >= 4 is 22.7 Å². The molecule has 0 radical (unpaired) electrons. The molecule has 1 N–H and O–H groups in total. The largest absolute Gasteiger partial charge is 0.488 e. The zero-order valence-corrected chi connectivity index (χ0v) is 20.9. The molecule has 0 spiro atoms. The Bertz CT molecular complexity index is 1330. The first-order valence-electron chi connectivity index (χ1n) is 13.1. The van der Waals surface area contributed by atoms with Crippen LogP contribution in [0.3, 0.4) is 0 Å². The van der Waals surface area contributed by atoms with Crippen LogP contribution in [0.5, 0.6) is 5.75 Å². The lowest BCUT2D eigenvalue weighted by Crippen LogP contribution is -2.21. The third kappa shape index (κ3) is 4.89. The molecule has 1 saturated heterocycles. The van der Waals surface area contributed by atoms with Gasteiger partial charge in [-0.2, -0.15) is 5.26 Å². The van der Waals surface area contributed by atoms with E-state index in [2.05, 4.69) is 16.0 Å². The zero-order valence-electron chi connectivity index (χ0n) is 20.9. The van der Waals surface area contributed by atoms with E-state index in [1.807, 2.05) is 49.4 Å². The Balaban J connectivity index is 1.29. The lowest BCUT2D eigenvalue weighted by molar-refractivity contribution is -0.0683. The van der Waals surface area contributed by atoms with Crippen LogP contribution in [0.15, 0.2) is 42.5 Å².